The molecule has 1 fully saturated rings. The van der Waals surface area contributed by atoms with Crippen LogP contribution in [-0.2, 0) is 6.54 Å². The first-order valence-electron chi connectivity index (χ1n) is 7.53. The molecule has 1 saturated heterocycles. The lowest BCUT2D eigenvalue weighted by Gasteiger charge is -2.32. The summed E-state index contributed by atoms with van der Waals surface area (Å²) in [4.78, 5) is 2.54. The van der Waals surface area contributed by atoms with Gasteiger partial charge in [-0.2, -0.15) is 5.10 Å². The number of piperidine rings is 1. The maximum absolute atomic E-state index is 8.80. The van der Waals surface area contributed by atoms with Crippen molar-refractivity contribution in [2.45, 2.75) is 46.1 Å². The molecule has 0 atom stereocenters. The van der Waals surface area contributed by atoms with Gasteiger partial charge in [0, 0.05) is 18.8 Å². The number of hydrogen-bond acceptors (Lipinski definition) is 3. The monoisotopic (exact) mass is 265 g/mol. The minimum absolute atomic E-state index is 0.328. The molecule has 0 saturated carbocycles. The smallest absolute Gasteiger partial charge is 0.0596 e. The van der Waals surface area contributed by atoms with Gasteiger partial charge in [-0.3, -0.25) is 4.68 Å². The average Bonchev–Trinajstić information content (AvgIpc) is 2.70. The summed E-state index contributed by atoms with van der Waals surface area (Å²) in [6.07, 6.45) is 4.61. The number of aliphatic hydroxyl groups is 1. The second-order valence-electron chi connectivity index (χ2n) is 5.82. The minimum Gasteiger partial charge on any atom is -0.396 e. The van der Waals surface area contributed by atoms with Crippen LogP contribution in [0.4, 0.5) is 0 Å². The number of aliphatic hydroxyl groups excluding tert-OH is 1. The Morgan fingerprint density at radius 2 is 2.00 bits per heavy atom. The summed E-state index contributed by atoms with van der Waals surface area (Å²) in [6.45, 7) is 9.16. The molecule has 1 aliphatic heterocycles. The number of aromatic nitrogens is 2. The van der Waals surface area contributed by atoms with Gasteiger partial charge in [0.1, 0.15) is 0 Å². The Hall–Kier alpha value is -0.870. The molecule has 1 N–H and O–H groups in total. The first-order chi connectivity index (χ1) is 9.19. The Morgan fingerprint density at radius 3 is 2.58 bits per heavy atom. The second-order valence-corrected chi connectivity index (χ2v) is 5.82. The molecule has 2 heterocycles. The highest BCUT2D eigenvalue weighted by molar-refractivity contribution is 5.06. The van der Waals surface area contributed by atoms with E-state index in [2.05, 4.69) is 34.6 Å². The molecule has 19 heavy (non-hydrogen) atoms. The van der Waals surface area contributed by atoms with Gasteiger partial charge in [-0.25, -0.2) is 0 Å². The van der Waals surface area contributed by atoms with Crippen molar-refractivity contribution in [1.29, 1.82) is 0 Å². The minimum atomic E-state index is 0.328. The lowest BCUT2D eigenvalue weighted by molar-refractivity contribution is 0.164. The van der Waals surface area contributed by atoms with Crippen LogP contribution < -0.4 is 0 Å². The van der Waals surface area contributed by atoms with Crippen molar-refractivity contribution >= 4 is 0 Å². The van der Waals surface area contributed by atoms with Crippen molar-refractivity contribution in [3.05, 3.63) is 17.5 Å². The van der Waals surface area contributed by atoms with Crippen LogP contribution in [0.5, 0.6) is 0 Å². The van der Waals surface area contributed by atoms with Crippen LogP contribution in [0.15, 0.2) is 6.07 Å². The molecule has 0 aliphatic carbocycles. The van der Waals surface area contributed by atoms with Gasteiger partial charge in [0.2, 0.25) is 0 Å². The predicted molar refractivity (Wildman–Crippen MR) is 77.2 cm³/mol. The van der Waals surface area contributed by atoms with Crippen molar-refractivity contribution in [3.63, 3.8) is 0 Å². The van der Waals surface area contributed by atoms with E-state index in [0.29, 0.717) is 6.61 Å². The number of nitrogens with zero attached hydrogens (tertiary/aromatic N) is 3. The molecule has 4 heteroatoms. The molecule has 1 aromatic heterocycles. The topological polar surface area (TPSA) is 41.3 Å². The Morgan fingerprint density at radius 1 is 1.26 bits per heavy atom. The third kappa shape index (κ3) is 4.32. The highest BCUT2D eigenvalue weighted by Gasteiger charge is 2.19. The predicted octanol–water partition coefficient (Wildman–Crippen LogP) is 1.98. The fourth-order valence-corrected chi connectivity index (χ4v) is 2.94. The van der Waals surface area contributed by atoms with Gasteiger partial charge in [0.15, 0.2) is 0 Å². The molecule has 108 valence electrons. The molecule has 1 aliphatic rings. The molecule has 0 aromatic carbocycles. The second kappa shape index (κ2) is 7.06. The zero-order chi connectivity index (χ0) is 13.7. The van der Waals surface area contributed by atoms with Gasteiger partial charge < -0.3 is 10.0 Å². The fraction of sp³-hybridized carbons (Fsp3) is 0.800. The summed E-state index contributed by atoms with van der Waals surface area (Å²) in [7, 11) is 0. The molecular formula is C15H27N3O. The van der Waals surface area contributed by atoms with E-state index in [0.717, 1.165) is 37.5 Å². The molecule has 1 aromatic rings. The van der Waals surface area contributed by atoms with Crippen molar-refractivity contribution in [3.8, 4) is 0 Å². The molecular weight excluding hydrogens is 238 g/mol. The number of aryl methyl sites for hydroxylation is 2. The molecule has 0 radical (unpaired) electrons. The highest BCUT2D eigenvalue weighted by Crippen LogP contribution is 2.20. The lowest BCUT2D eigenvalue weighted by atomic mass is 9.96. The molecule has 0 spiro atoms. The van der Waals surface area contributed by atoms with Crippen LogP contribution in [0, 0.1) is 19.8 Å². The summed E-state index contributed by atoms with van der Waals surface area (Å²) in [5.74, 6) is 0.770. The van der Waals surface area contributed by atoms with Gasteiger partial charge in [0.05, 0.1) is 5.69 Å². The molecule has 2 rings (SSSR count). The third-order valence-electron chi connectivity index (χ3n) is 4.12. The van der Waals surface area contributed by atoms with E-state index in [1.807, 2.05) is 0 Å². The Labute approximate surface area is 116 Å². The molecule has 0 amide bonds. The zero-order valence-electron chi connectivity index (χ0n) is 12.3. The third-order valence-corrected chi connectivity index (χ3v) is 4.12. The quantitative estimate of drug-likeness (QED) is 0.800. The Bertz CT molecular complexity index is 381. The molecule has 0 bridgehead atoms. The maximum atomic E-state index is 8.80. The van der Waals surface area contributed by atoms with Gasteiger partial charge in [-0.05, 0) is 71.1 Å². The van der Waals surface area contributed by atoms with Gasteiger partial charge in [-0.1, -0.05) is 0 Å². The van der Waals surface area contributed by atoms with E-state index >= 15 is 0 Å². The summed E-state index contributed by atoms with van der Waals surface area (Å²) >= 11 is 0. The maximum Gasteiger partial charge on any atom is 0.0596 e. The highest BCUT2D eigenvalue weighted by atomic mass is 16.2. The standard InChI is InChI=1S/C15H27N3O/c1-13-11-14(2)18(16-13)12-15-5-8-17(9-6-15)7-3-4-10-19/h11,15,19H,3-10,12H2,1-2H3. The van der Waals surface area contributed by atoms with Crippen LogP contribution >= 0.6 is 0 Å². The van der Waals surface area contributed by atoms with E-state index in [-0.39, 0.29) is 0 Å². The first kappa shape index (κ1) is 14.5. The Balaban J connectivity index is 1.73. The summed E-state index contributed by atoms with van der Waals surface area (Å²) in [5, 5.41) is 13.4. The zero-order valence-corrected chi connectivity index (χ0v) is 12.3. The van der Waals surface area contributed by atoms with E-state index < -0.39 is 0 Å². The lowest BCUT2D eigenvalue weighted by Crippen LogP contribution is -2.35. The van der Waals surface area contributed by atoms with Crippen LogP contribution in [0.25, 0.3) is 0 Å². The SMILES string of the molecule is Cc1cc(C)n(CC2CCN(CCCCO)CC2)n1. The van der Waals surface area contributed by atoms with Gasteiger partial charge in [-0.15, -0.1) is 0 Å². The van der Waals surface area contributed by atoms with E-state index in [9.17, 15) is 0 Å². The molecule has 4 nitrogen and oxygen atoms in total. The average molecular weight is 265 g/mol. The van der Waals surface area contributed by atoms with Crippen molar-refractivity contribution in [2.75, 3.05) is 26.2 Å². The van der Waals surface area contributed by atoms with Gasteiger partial charge in [0.25, 0.3) is 0 Å². The summed E-state index contributed by atoms with van der Waals surface area (Å²) < 4.78 is 2.17. The van der Waals surface area contributed by atoms with Crippen molar-refractivity contribution in [2.24, 2.45) is 5.92 Å². The van der Waals surface area contributed by atoms with Crippen LogP contribution in [-0.4, -0.2) is 46.0 Å². The van der Waals surface area contributed by atoms with Crippen molar-refractivity contribution < 1.29 is 5.11 Å². The van der Waals surface area contributed by atoms with Crippen LogP contribution in [0.2, 0.25) is 0 Å². The summed E-state index contributed by atoms with van der Waals surface area (Å²) in [6, 6.07) is 2.16. The van der Waals surface area contributed by atoms with Gasteiger partial charge >= 0.3 is 0 Å². The number of likely N-dealkylation sites (tertiary alicyclic amines) is 1. The van der Waals surface area contributed by atoms with Crippen molar-refractivity contribution in [1.82, 2.24) is 14.7 Å². The van der Waals surface area contributed by atoms with E-state index in [1.54, 1.807) is 0 Å². The van der Waals surface area contributed by atoms with Crippen LogP contribution in [0.3, 0.4) is 0 Å². The van der Waals surface area contributed by atoms with E-state index in [4.69, 9.17) is 5.11 Å². The number of rotatable bonds is 6. The largest absolute Gasteiger partial charge is 0.396 e. The van der Waals surface area contributed by atoms with E-state index in [1.165, 1.54) is 31.6 Å². The normalized spacial score (nSPS) is 18.1. The molecule has 0 unspecified atom stereocenters. The summed E-state index contributed by atoms with van der Waals surface area (Å²) in [5.41, 5.74) is 2.40. The Kier molecular flexibility index (Phi) is 5.40. The first-order valence-corrected chi connectivity index (χ1v) is 7.53. The number of unbranched alkanes of at least 4 members (excludes halogenated alkanes) is 1. The van der Waals surface area contributed by atoms with Crippen LogP contribution in [0.1, 0.15) is 37.1 Å². The number of hydrogen-bond donors (Lipinski definition) is 1. The fourth-order valence-electron chi connectivity index (χ4n) is 2.94.